The Bertz CT molecular complexity index is 525. The van der Waals surface area contributed by atoms with Gasteiger partial charge in [0.15, 0.2) is 0 Å². The van der Waals surface area contributed by atoms with Crippen LogP contribution < -0.4 is 4.90 Å². The number of halogens is 2. The van der Waals surface area contributed by atoms with Crippen LogP contribution in [0.2, 0.25) is 0 Å². The summed E-state index contributed by atoms with van der Waals surface area (Å²) in [6.45, 7) is 2.96. The number of rotatable bonds is 3. The highest BCUT2D eigenvalue weighted by Gasteiger charge is 2.08. The summed E-state index contributed by atoms with van der Waals surface area (Å²) in [5.74, 6) is 1.03. The zero-order valence-corrected chi connectivity index (χ0v) is 13.6. The molecular weight excluding hydrogens is 364 g/mol. The van der Waals surface area contributed by atoms with Crippen LogP contribution in [0, 0.1) is 6.92 Å². The van der Waals surface area contributed by atoms with Gasteiger partial charge in [0, 0.05) is 32.4 Å². The molecule has 0 amide bonds. The lowest BCUT2D eigenvalue weighted by molar-refractivity contribution is 0.903. The van der Waals surface area contributed by atoms with Crippen LogP contribution >= 0.6 is 43.2 Å². The summed E-state index contributed by atoms with van der Waals surface area (Å²) >= 11 is 8.66. The maximum absolute atomic E-state index is 4.45. The number of pyridine rings is 1. The highest BCUT2D eigenvalue weighted by molar-refractivity contribution is 9.10. The first-order valence-corrected chi connectivity index (χ1v) is 7.59. The summed E-state index contributed by atoms with van der Waals surface area (Å²) < 4.78 is 2.16. The normalized spacial score (nSPS) is 10.6. The monoisotopic (exact) mass is 374 g/mol. The van der Waals surface area contributed by atoms with E-state index in [1.165, 1.54) is 10.4 Å². The van der Waals surface area contributed by atoms with E-state index in [9.17, 15) is 0 Å². The first-order chi connectivity index (χ1) is 8.06. The van der Waals surface area contributed by atoms with Gasteiger partial charge in [-0.2, -0.15) is 0 Å². The van der Waals surface area contributed by atoms with Gasteiger partial charge in [0.05, 0.1) is 6.54 Å². The van der Waals surface area contributed by atoms with E-state index in [0.717, 1.165) is 21.3 Å². The fourth-order valence-electron chi connectivity index (χ4n) is 1.68. The second-order valence-corrected chi connectivity index (χ2v) is 6.71. The highest BCUT2D eigenvalue weighted by atomic mass is 79.9. The SMILES string of the molecule is Cc1cc(Br)cnc1N(C)Cc1cc(Br)cs1. The summed E-state index contributed by atoms with van der Waals surface area (Å²) in [5, 5.41) is 2.10. The molecule has 17 heavy (non-hydrogen) atoms. The van der Waals surface area contributed by atoms with Crippen molar-refractivity contribution < 1.29 is 0 Å². The Morgan fingerprint density at radius 2 is 2.06 bits per heavy atom. The molecule has 0 saturated heterocycles. The van der Waals surface area contributed by atoms with E-state index in [2.05, 4.69) is 73.2 Å². The van der Waals surface area contributed by atoms with Gasteiger partial charge in [0.25, 0.3) is 0 Å². The maximum Gasteiger partial charge on any atom is 0.131 e. The Morgan fingerprint density at radius 3 is 2.65 bits per heavy atom. The maximum atomic E-state index is 4.45. The second-order valence-electron chi connectivity index (χ2n) is 3.88. The molecular formula is C12H12Br2N2S. The fourth-order valence-corrected chi connectivity index (χ4v) is 3.63. The van der Waals surface area contributed by atoms with Crippen molar-refractivity contribution in [2.45, 2.75) is 13.5 Å². The van der Waals surface area contributed by atoms with E-state index in [1.54, 1.807) is 11.3 Å². The highest BCUT2D eigenvalue weighted by Crippen LogP contribution is 2.24. The minimum absolute atomic E-state index is 0.881. The van der Waals surface area contributed by atoms with Gasteiger partial charge >= 0.3 is 0 Å². The number of anilines is 1. The lowest BCUT2D eigenvalue weighted by atomic mass is 10.2. The predicted octanol–water partition coefficient (Wildman–Crippen LogP) is 4.61. The van der Waals surface area contributed by atoms with Crippen molar-refractivity contribution in [1.29, 1.82) is 0 Å². The molecule has 0 radical (unpaired) electrons. The van der Waals surface area contributed by atoms with Crippen molar-refractivity contribution in [1.82, 2.24) is 4.98 Å². The van der Waals surface area contributed by atoms with Crippen LogP contribution in [0.4, 0.5) is 5.82 Å². The average Bonchev–Trinajstić information content (AvgIpc) is 2.63. The molecule has 0 N–H and O–H groups in total. The number of hydrogen-bond donors (Lipinski definition) is 0. The summed E-state index contributed by atoms with van der Waals surface area (Å²) in [6.07, 6.45) is 1.84. The van der Waals surface area contributed by atoms with Crippen LogP contribution in [0.15, 0.2) is 32.7 Å². The molecule has 0 aromatic carbocycles. The molecule has 2 nitrogen and oxygen atoms in total. The average molecular weight is 376 g/mol. The molecule has 0 aliphatic carbocycles. The predicted molar refractivity (Wildman–Crippen MR) is 80.8 cm³/mol. The molecule has 2 aromatic heterocycles. The lowest BCUT2D eigenvalue weighted by Gasteiger charge is -2.19. The van der Waals surface area contributed by atoms with Crippen LogP contribution in [-0.2, 0) is 6.54 Å². The molecule has 2 rings (SSSR count). The zero-order chi connectivity index (χ0) is 12.4. The third-order valence-electron chi connectivity index (χ3n) is 2.39. The minimum atomic E-state index is 0.881. The molecule has 0 fully saturated rings. The van der Waals surface area contributed by atoms with Gasteiger partial charge in [-0.3, -0.25) is 0 Å². The molecule has 0 saturated carbocycles. The molecule has 0 aliphatic rings. The first-order valence-electron chi connectivity index (χ1n) is 5.12. The number of aryl methyl sites for hydroxylation is 1. The van der Waals surface area contributed by atoms with Crippen molar-refractivity contribution in [3.63, 3.8) is 0 Å². The molecule has 90 valence electrons. The van der Waals surface area contributed by atoms with Crippen LogP contribution in [0.25, 0.3) is 0 Å². The van der Waals surface area contributed by atoms with E-state index in [1.807, 2.05) is 6.20 Å². The van der Waals surface area contributed by atoms with Gasteiger partial charge in [-0.25, -0.2) is 4.98 Å². The molecule has 0 atom stereocenters. The van der Waals surface area contributed by atoms with E-state index in [-0.39, 0.29) is 0 Å². The van der Waals surface area contributed by atoms with Crippen molar-refractivity contribution in [2.24, 2.45) is 0 Å². The van der Waals surface area contributed by atoms with Crippen molar-refractivity contribution in [3.05, 3.63) is 43.1 Å². The van der Waals surface area contributed by atoms with Crippen LogP contribution in [0.5, 0.6) is 0 Å². The fraction of sp³-hybridized carbons (Fsp3) is 0.250. The van der Waals surface area contributed by atoms with Gasteiger partial charge in [-0.1, -0.05) is 0 Å². The Morgan fingerprint density at radius 1 is 1.29 bits per heavy atom. The standard InChI is InChI=1S/C12H12Br2N2S/c1-8-3-9(13)5-15-12(8)16(2)6-11-4-10(14)7-17-11/h3-5,7H,6H2,1-2H3. The van der Waals surface area contributed by atoms with Crippen LogP contribution in [0.3, 0.4) is 0 Å². The van der Waals surface area contributed by atoms with Gasteiger partial charge in [-0.05, 0) is 56.5 Å². The molecule has 2 aromatic rings. The largest absolute Gasteiger partial charge is 0.354 e. The molecule has 0 spiro atoms. The Balaban J connectivity index is 2.17. The van der Waals surface area contributed by atoms with Crippen LogP contribution in [-0.4, -0.2) is 12.0 Å². The molecule has 0 unspecified atom stereocenters. The van der Waals surface area contributed by atoms with E-state index in [4.69, 9.17) is 0 Å². The summed E-state index contributed by atoms with van der Waals surface area (Å²) in [5.41, 5.74) is 1.18. The summed E-state index contributed by atoms with van der Waals surface area (Å²) in [4.78, 5) is 7.94. The third-order valence-corrected chi connectivity index (χ3v) is 4.51. The van der Waals surface area contributed by atoms with Gasteiger partial charge < -0.3 is 4.90 Å². The number of hydrogen-bond acceptors (Lipinski definition) is 3. The second kappa shape index (κ2) is 5.50. The summed E-state index contributed by atoms with van der Waals surface area (Å²) in [7, 11) is 2.07. The van der Waals surface area contributed by atoms with E-state index in [0.29, 0.717) is 0 Å². The quantitative estimate of drug-likeness (QED) is 0.778. The van der Waals surface area contributed by atoms with Crippen molar-refractivity contribution >= 4 is 49.0 Å². The first kappa shape index (κ1) is 13.1. The van der Waals surface area contributed by atoms with E-state index >= 15 is 0 Å². The van der Waals surface area contributed by atoms with Gasteiger partial charge in [-0.15, -0.1) is 11.3 Å². The van der Waals surface area contributed by atoms with Gasteiger partial charge in [0.1, 0.15) is 5.82 Å². The lowest BCUT2D eigenvalue weighted by Crippen LogP contribution is -2.18. The van der Waals surface area contributed by atoms with Crippen molar-refractivity contribution in [2.75, 3.05) is 11.9 Å². The Hall–Kier alpha value is -0.390. The zero-order valence-electron chi connectivity index (χ0n) is 9.58. The molecule has 0 aliphatic heterocycles. The summed E-state index contributed by atoms with van der Waals surface area (Å²) in [6, 6.07) is 4.23. The number of thiophene rings is 1. The Kier molecular flexibility index (Phi) is 4.22. The van der Waals surface area contributed by atoms with Gasteiger partial charge in [0.2, 0.25) is 0 Å². The smallest absolute Gasteiger partial charge is 0.131 e. The molecule has 5 heteroatoms. The number of nitrogens with zero attached hydrogens (tertiary/aromatic N) is 2. The number of aromatic nitrogens is 1. The molecule has 0 bridgehead atoms. The van der Waals surface area contributed by atoms with E-state index < -0.39 is 0 Å². The van der Waals surface area contributed by atoms with Crippen molar-refractivity contribution in [3.8, 4) is 0 Å². The topological polar surface area (TPSA) is 16.1 Å². The Labute approximate surface area is 122 Å². The molecule has 2 heterocycles. The van der Waals surface area contributed by atoms with Crippen LogP contribution in [0.1, 0.15) is 10.4 Å². The minimum Gasteiger partial charge on any atom is -0.354 e. The third kappa shape index (κ3) is 3.30.